The van der Waals surface area contributed by atoms with Gasteiger partial charge in [0.25, 0.3) is 5.69 Å². The first-order valence-corrected chi connectivity index (χ1v) is 11.4. The van der Waals surface area contributed by atoms with E-state index in [-0.39, 0.29) is 33.6 Å². The number of para-hydroxylation sites is 1. The van der Waals surface area contributed by atoms with E-state index in [1.165, 1.54) is 31.4 Å². The second-order valence-corrected chi connectivity index (χ2v) is 8.64. The highest BCUT2D eigenvalue weighted by molar-refractivity contribution is 7.85. The lowest BCUT2D eigenvalue weighted by Crippen LogP contribution is -1.98. The first kappa shape index (κ1) is 23.6. The van der Waals surface area contributed by atoms with Crippen LogP contribution in [0.3, 0.4) is 0 Å². The van der Waals surface area contributed by atoms with E-state index in [4.69, 9.17) is 4.74 Å². The Labute approximate surface area is 199 Å². The van der Waals surface area contributed by atoms with Crippen LogP contribution in [0.2, 0.25) is 0 Å². The molecule has 0 aliphatic heterocycles. The number of nitrogens with zero attached hydrogens (tertiary/aromatic N) is 3. The fourth-order valence-corrected chi connectivity index (χ4v) is 3.92. The zero-order chi connectivity index (χ0) is 25.2. The number of azo groups is 1. The van der Waals surface area contributed by atoms with Crippen LogP contribution in [0, 0.1) is 10.1 Å². The van der Waals surface area contributed by atoms with E-state index in [1.54, 1.807) is 18.2 Å². The van der Waals surface area contributed by atoms with Gasteiger partial charge in [-0.25, -0.2) is 8.42 Å². The van der Waals surface area contributed by atoms with Gasteiger partial charge in [-0.1, -0.05) is 24.3 Å². The van der Waals surface area contributed by atoms with Crippen LogP contribution in [0.4, 0.5) is 28.4 Å². The third-order valence-corrected chi connectivity index (χ3v) is 5.83. The average molecular weight is 493 g/mol. The fraction of sp³-hybridized carbons (Fsp3) is 0.0435. The molecular weight excluding hydrogens is 476 g/mol. The number of methoxy groups -OCH3 is 1. The highest BCUT2D eigenvalue weighted by Gasteiger charge is 2.16. The van der Waals surface area contributed by atoms with Gasteiger partial charge in [-0.3, -0.25) is 10.1 Å². The molecule has 0 atom stereocenters. The number of nitro groups is 1. The molecule has 0 unspecified atom stereocenters. The van der Waals surface area contributed by atoms with Crippen LogP contribution >= 0.6 is 0 Å². The number of nitro benzene ring substituents is 1. The smallest absolute Gasteiger partial charge is 0.273 e. The topological polar surface area (TPSA) is 167 Å². The summed E-state index contributed by atoms with van der Waals surface area (Å²) >= 11 is 0. The monoisotopic (exact) mass is 493 g/mol. The number of non-ortho nitro benzene ring substituents is 1. The summed E-state index contributed by atoms with van der Waals surface area (Å²) in [6.07, 6.45) is 0. The Kier molecular flexibility index (Phi) is 6.32. The molecule has 0 spiro atoms. The minimum absolute atomic E-state index is 0.102. The lowest BCUT2D eigenvalue weighted by atomic mass is 10.1. The van der Waals surface area contributed by atoms with Crippen LogP contribution in [-0.2, 0) is 10.1 Å². The summed E-state index contributed by atoms with van der Waals surface area (Å²) < 4.78 is 39.7. The predicted molar refractivity (Wildman–Crippen MR) is 127 cm³/mol. The van der Waals surface area contributed by atoms with Crippen molar-refractivity contribution in [3.63, 3.8) is 0 Å². The second-order valence-electron chi connectivity index (χ2n) is 7.26. The number of phenolic OH excluding ortho intramolecular Hbond substituents is 1. The van der Waals surface area contributed by atoms with Crippen molar-refractivity contribution in [1.82, 2.24) is 0 Å². The third kappa shape index (κ3) is 5.03. The van der Waals surface area contributed by atoms with E-state index >= 15 is 0 Å². The molecule has 0 bridgehead atoms. The first-order valence-electron chi connectivity index (χ1n) is 9.99. The van der Waals surface area contributed by atoms with E-state index < -0.39 is 25.7 Å². The lowest BCUT2D eigenvalue weighted by molar-refractivity contribution is -0.384. The number of phenols is 1. The first-order chi connectivity index (χ1) is 16.7. The fourth-order valence-electron chi connectivity index (χ4n) is 3.39. The Morgan fingerprint density at radius 1 is 1.00 bits per heavy atom. The molecule has 2 N–H and O–H groups in total. The third-order valence-electron chi connectivity index (χ3n) is 5.02. The van der Waals surface area contributed by atoms with E-state index in [0.717, 1.165) is 12.1 Å². The molecule has 0 amide bonds. The maximum absolute atomic E-state index is 11.5. The maximum atomic E-state index is 11.5. The molecule has 4 rings (SSSR count). The van der Waals surface area contributed by atoms with Gasteiger partial charge in [-0.05, 0) is 41.8 Å². The minimum atomic E-state index is -4.81. The molecule has 0 fully saturated rings. The summed E-state index contributed by atoms with van der Waals surface area (Å²) in [5, 5.41) is 33.7. The molecule has 12 heteroatoms. The van der Waals surface area contributed by atoms with Gasteiger partial charge in [0.2, 0.25) is 0 Å². The molecule has 0 aliphatic rings. The largest absolute Gasteiger partial charge is 0.744 e. The minimum Gasteiger partial charge on any atom is -0.744 e. The number of nitrogens with one attached hydrogen (secondary N) is 1. The summed E-state index contributed by atoms with van der Waals surface area (Å²) in [5.41, 5.74) is 1.25. The summed E-state index contributed by atoms with van der Waals surface area (Å²) in [6.45, 7) is 0. The summed E-state index contributed by atoms with van der Waals surface area (Å²) in [6, 6.07) is 18.0. The summed E-state index contributed by atoms with van der Waals surface area (Å²) in [5.74, 6) is -0.386. The zero-order valence-corrected chi connectivity index (χ0v) is 18.9. The van der Waals surface area contributed by atoms with Crippen LogP contribution in [0.1, 0.15) is 0 Å². The quantitative estimate of drug-likeness (QED) is 0.147. The van der Waals surface area contributed by atoms with Gasteiger partial charge in [0, 0.05) is 11.8 Å². The molecule has 0 heterocycles. The summed E-state index contributed by atoms with van der Waals surface area (Å²) in [4.78, 5) is 9.89. The Morgan fingerprint density at radius 3 is 2.40 bits per heavy atom. The molecule has 178 valence electrons. The van der Waals surface area contributed by atoms with Crippen molar-refractivity contribution in [2.45, 2.75) is 4.90 Å². The van der Waals surface area contributed by atoms with E-state index in [9.17, 15) is 28.2 Å². The molecule has 4 aromatic carbocycles. The molecule has 4 aromatic rings. The number of hydrogen-bond donors (Lipinski definition) is 2. The molecule has 0 aliphatic carbocycles. The zero-order valence-electron chi connectivity index (χ0n) is 18.1. The Balaban J connectivity index is 1.91. The molecule has 0 saturated carbocycles. The average Bonchev–Trinajstić information content (AvgIpc) is 2.83. The normalized spacial score (nSPS) is 11.6. The number of benzene rings is 4. The van der Waals surface area contributed by atoms with Crippen LogP contribution < -0.4 is 10.1 Å². The van der Waals surface area contributed by atoms with E-state index in [1.807, 2.05) is 18.2 Å². The SMILES string of the molecule is COc1cc([N+](=O)[O-])ccc1N=Nc1c(Nc2ccccc2)ccc2cc(S(=O)(=O)[O-])cc(O)c12. The highest BCUT2D eigenvalue weighted by Crippen LogP contribution is 2.43. The standard InChI is InChI=1S/C23H18N4O7S/c1-34-21-12-16(27(29)30)8-10-18(21)25-26-23-19(24-15-5-3-2-4-6-15)9-7-14-11-17(35(31,32)33)13-20(28)22(14)23/h2-13,24,28H,1H3,(H,31,32,33)/p-1. The van der Waals surface area contributed by atoms with Gasteiger partial charge in [-0.15, -0.1) is 10.2 Å². The Morgan fingerprint density at radius 2 is 1.74 bits per heavy atom. The van der Waals surface area contributed by atoms with Gasteiger partial charge in [0.05, 0.1) is 34.1 Å². The second kappa shape index (κ2) is 9.37. The van der Waals surface area contributed by atoms with Crippen molar-refractivity contribution in [2.75, 3.05) is 12.4 Å². The molecule has 0 radical (unpaired) electrons. The summed E-state index contributed by atoms with van der Waals surface area (Å²) in [7, 11) is -3.49. The van der Waals surface area contributed by atoms with Gasteiger partial charge >= 0.3 is 0 Å². The Hall–Kier alpha value is -4.55. The van der Waals surface area contributed by atoms with Gasteiger partial charge in [-0.2, -0.15) is 0 Å². The maximum Gasteiger partial charge on any atom is 0.273 e. The number of hydrogen-bond acceptors (Lipinski definition) is 10. The number of aromatic hydroxyl groups is 1. The number of ether oxygens (including phenoxy) is 1. The Bertz CT molecular complexity index is 1570. The van der Waals surface area contributed by atoms with Crippen molar-refractivity contribution in [3.8, 4) is 11.5 Å². The van der Waals surface area contributed by atoms with Gasteiger partial charge in [0.15, 0.2) is 5.75 Å². The van der Waals surface area contributed by atoms with Gasteiger partial charge < -0.3 is 19.7 Å². The highest BCUT2D eigenvalue weighted by atomic mass is 32.2. The number of rotatable bonds is 7. The van der Waals surface area contributed by atoms with Crippen molar-refractivity contribution in [2.24, 2.45) is 10.2 Å². The van der Waals surface area contributed by atoms with E-state index in [0.29, 0.717) is 11.4 Å². The van der Waals surface area contributed by atoms with Crippen LogP contribution in [-0.4, -0.2) is 30.1 Å². The predicted octanol–water partition coefficient (Wildman–Crippen LogP) is 5.53. The number of anilines is 2. The molecule has 35 heavy (non-hydrogen) atoms. The van der Waals surface area contributed by atoms with Crippen LogP contribution in [0.25, 0.3) is 10.8 Å². The van der Waals surface area contributed by atoms with Crippen molar-refractivity contribution in [1.29, 1.82) is 0 Å². The van der Waals surface area contributed by atoms with Crippen molar-refractivity contribution in [3.05, 3.63) is 82.9 Å². The molecular formula is C23H17N4O7S-. The molecule has 0 aromatic heterocycles. The van der Waals surface area contributed by atoms with Crippen molar-refractivity contribution < 1.29 is 27.7 Å². The van der Waals surface area contributed by atoms with Crippen LogP contribution in [0.5, 0.6) is 11.5 Å². The lowest BCUT2D eigenvalue weighted by Gasteiger charge is -2.15. The van der Waals surface area contributed by atoms with Gasteiger partial charge in [0.1, 0.15) is 27.2 Å². The van der Waals surface area contributed by atoms with Crippen molar-refractivity contribution >= 4 is 49.3 Å². The van der Waals surface area contributed by atoms with Crippen LogP contribution in [0.15, 0.2) is 87.9 Å². The number of fused-ring (bicyclic) bond motifs is 1. The van der Waals surface area contributed by atoms with E-state index in [2.05, 4.69) is 15.5 Å². The molecule has 0 saturated heterocycles. The molecule has 11 nitrogen and oxygen atoms in total.